The zero-order valence-electron chi connectivity index (χ0n) is 23.5. The zero-order valence-corrected chi connectivity index (χ0v) is 23.5. The summed E-state index contributed by atoms with van der Waals surface area (Å²) in [7, 11) is 1.53. The van der Waals surface area contributed by atoms with Gasteiger partial charge in [0, 0.05) is 31.7 Å². The molecule has 0 bridgehead atoms. The van der Waals surface area contributed by atoms with Crippen LogP contribution in [-0.2, 0) is 14.3 Å². The van der Waals surface area contributed by atoms with E-state index in [1.807, 2.05) is 13.8 Å². The molecule has 2 heterocycles. The normalized spacial score (nSPS) is 19.1. The van der Waals surface area contributed by atoms with Crippen LogP contribution < -0.4 is 14.2 Å². The van der Waals surface area contributed by atoms with E-state index in [-0.39, 0.29) is 11.3 Å². The number of likely N-dealkylation sites (tertiary alicyclic amines) is 1. The number of hydrogen-bond donors (Lipinski definition) is 1. The van der Waals surface area contributed by atoms with Crippen LogP contribution in [-0.4, -0.2) is 86.3 Å². The number of aliphatic hydroxyl groups is 1. The highest BCUT2D eigenvalue weighted by atomic mass is 16.5. The summed E-state index contributed by atoms with van der Waals surface area (Å²) in [4.78, 5) is 30.7. The summed E-state index contributed by atoms with van der Waals surface area (Å²) in [6.07, 6.45) is 2.30. The summed E-state index contributed by atoms with van der Waals surface area (Å²) in [5, 5.41) is 11.5. The second-order valence-electron chi connectivity index (χ2n) is 9.72. The standard InChI is InChI=1S/C31H38N2O7/c1-5-16-40-25-11-8-22(20-26(25)37-4)28-27(29(34)23-9-10-24(39-6-2)21(3)19-23)30(35)31(36)33(28)13-7-12-32-14-17-38-18-15-32/h5,8-11,19-20,28,34H,1,6-7,12-18H2,2-4H3/b29-27+. The number of ether oxygens (including phenoxy) is 4. The third-order valence-corrected chi connectivity index (χ3v) is 7.13. The molecule has 4 rings (SSSR count). The molecule has 0 aromatic heterocycles. The number of rotatable bonds is 12. The van der Waals surface area contributed by atoms with Crippen molar-refractivity contribution < 1.29 is 33.6 Å². The number of aryl methyl sites for hydroxylation is 1. The van der Waals surface area contributed by atoms with E-state index in [0.29, 0.717) is 67.8 Å². The number of benzene rings is 2. The molecule has 9 heteroatoms. The molecule has 2 saturated heterocycles. The van der Waals surface area contributed by atoms with Gasteiger partial charge in [0.15, 0.2) is 11.5 Å². The number of aliphatic hydroxyl groups excluding tert-OH is 1. The topological polar surface area (TPSA) is 97.8 Å². The molecule has 0 saturated carbocycles. The van der Waals surface area contributed by atoms with Gasteiger partial charge >= 0.3 is 0 Å². The molecule has 1 N–H and O–H groups in total. The number of ketones is 1. The van der Waals surface area contributed by atoms with Crippen molar-refractivity contribution in [3.05, 3.63) is 71.3 Å². The van der Waals surface area contributed by atoms with Crippen LogP contribution in [0.1, 0.15) is 36.1 Å². The van der Waals surface area contributed by atoms with Crippen molar-refractivity contribution in [3.63, 3.8) is 0 Å². The van der Waals surface area contributed by atoms with Crippen molar-refractivity contribution in [2.75, 3.05) is 59.7 Å². The van der Waals surface area contributed by atoms with Crippen LogP contribution in [0.4, 0.5) is 0 Å². The van der Waals surface area contributed by atoms with Gasteiger partial charge in [0.25, 0.3) is 11.7 Å². The average molecular weight is 551 g/mol. The Kier molecular flexibility index (Phi) is 9.84. The second-order valence-corrected chi connectivity index (χ2v) is 9.72. The van der Waals surface area contributed by atoms with Crippen LogP contribution in [0.25, 0.3) is 5.76 Å². The van der Waals surface area contributed by atoms with Crippen molar-refractivity contribution >= 4 is 17.4 Å². The molecule has 214 valence electrons. The number of nitrogens with zero attached hydrogens (tertiary/aromatic N) is 2. The fraction of sp³-hybridized carbons (Fsp3) is 0.419. The van der Waals surface area contributed by atoms with Gasteiger partial charge in [-0.15, -0.1) is 0 Å². The molecule has 1 unspecified atom stereocenters. The lowest BCUT2D eigenvalue weighted by Crippen LogP contribution is -2.39. The molecule has 1 atom stereocenters. The van der Waals surface area contributed by atoms with Crippen molar-refractivity contribution in [1.29, 1.82) is 0 Å². The summed E-state index contributed by atoms with van der Waals surface area (Å²) in [6, 6.07) is 9.71. The van der Waals surface area contributed by atoms with E-state index < -0.39 is 17.7 Å². The first-order valence-electron chi connectivity index (χ1n) is 13.6. The first-order chi connectivity index (χ1) is 19.4. The third kappa shape index (κ3) is 6.32. The highest BCUT2D eigenvalue weighted by Gasteiger charge is 2.46. The highest BCUT2D eigenvalue weighted by Crippen LogP contribution is 2.42. The molecule has 0 radical (unpaired) electrons. The van der Waals surface area contributed by atoms with E-state index in [0.717, 1.165) is 25.2 Å². The van der Waals surface area contributed by atoms with Gasteiger partial charge in [-0.25, -0.2) is 0 Å². The molecular weight excluding hydrogens is 512 g/mol. The van der Waals surface area contributed by atoms with E-state index >= 15 is 0 Å². The SMILES string of the molecule is C=CCOc1ccc(C2/C(=C(\O)c3ccc(OCC)c(C)c3)C(=O)C(=O)N2CCCN2CCOCC2)cc1OC. The van der Waals surface area contributed by atoms with Crippen LogP contribution in [0.15, 0.2) is 54.6 Å². The molecule has 2 fully saturated rings. The smallest absolute Gasteiger partial charge is 0.295 e. The number of hydrogen-bond acceptors (Lipinski definition) is 8. The minimum atomic E-state index is -0.793. The minimum Gasteiger partial charge on any atom is -0.507 e. The maximum atomic E-state index is 13.5. The number of amides is 1. The predicted molar refractivity (Wildman–Crippen MR) is 152 cm³/mol. The fourth-order valence-corrected chi connectivity index (χ4v) is 5.14. The zero-order chi connectivity index (χ0) is 28.6. The Morgan fingerprint density at radius 1 is 1.07 bits per heavy atom. The number of carbonyl (C=O) groups excluding carboxylic acids is 2. The quantitative estimate of drug-likeness (QED) is 0.183. The van der Waals surface area contributed by atoms with E-state index in [2.05, 4.69) is 11.5 Å². The summed E-state index contributed by atoms with van der Waals surface area (Å²) in [5.41, 5.74) is 1.93. The lowest BCUT2D eigenvalue weighted by molar-refractivity contribution is -0.140. The second kappa shape index (κ2) is 13.5. The van der Waals surface area contributed by atoms with Gasteiger partial charge in [-0.1, -0.05) is 18.7 Å². The number of methoxy groups -OCH3 is 1. The Hall–Kier alpha value is -3.82. The molecule has 2 aromatic rings. The molecule has 2 aromatic carbocycles. The van der Waals surface area contributed by atoms with Crippen molar-refractivity contribution in [1.82, 2.24) is 9.80 Å². The lowest BCUT2D eigenvalue weighted by Gasteiger charge is -2.29. The summed E-state index contributed by atoms with van der Waals surface area (Å²) >= 11 is 0. The summed E-state index contributed by atoms with van der Waals surface area (Å²) in [5.74, 6) is 0.0800. The van der Waals surface area contributed by atoms with Gasteiger partial charge in [-0.2, -0.15) is 0 Å². The third-order valence-electron chi connectivity index (χ3n) is 7.13. The largest absolute Gasteiger partial charge is 0.507 e. The van der Waals surface area contributed by atoms with Crippen LogP contribution in [0.2, 0.25) is 0 Å². The van der Waals surface area contributed by atoms with E-state index in [9.17, 15) is 14.7 Å². The van der Waals surface area contributed by atoms with Gasteiger partial charge < -0.3 is 29.0 Å². The first kappa shape index (κ1) is 29.2. The summed E-state index contributed by atoms with van der Waals surface area (Å²) in [6.45, 7) is 12.4. The number of carbonyl (C=O) groups is 2. The molecular formula is C31H38N2O7. The van der Waals surface area contributed by atoms with Crippen LogP contribution in [0.3, 0.4) is 0 Å². The van der Waals surface area contributed by atoms with Gasteiger partial charge in [0.05, 0.1) is 38.5 Å². The van der Waals surface area contributed by atoms with Crippen molar-refractivity contribution in [2.24, 2.45) is 0 Å². The number of morpholine rings is 1. The average Bonchev–Trinajstić information content (AvgIpc) is 3.22. The van der Waals surface area contributed by atoms with Gasteiger partial charge in [0.2, 0.25) is 0 Å². The Labute approximate surface area is 235 Å². The molecule has 0 spiro atoms. The van der Waals surface area contributed by atoms with Crippen molar-refractivity contribution in [2.45, 2.75) is 26.3 Å². The maximum Gasteiger partial charge on any atom is 0.295 e. The van der Waals surface area contributed by atoms with Crippen LogP contribution in [0.5, 0.6) is 17.2 Å². The predicted octanol–water partition coefficient (Wildman–Crippen LogP) is 4.11. The van der Waals surface area contributed by atoms with E-state index in [4.69, 9.17) is 18.9 Å². The monoisotopic (exact) mass is 550 g/mol. The minimum absolute atomic E-state index is 0.0433. The van der Waals surface area contributed by atoms with E-state index in [1.54, 1.807) is 47.4 Å². The Morgan fingerprint density at radius 3 is 2.50 bits per heavy atom. The molecule has 2 aliphatic rings. The molecule has 2 aliphatic heterocycles. The van der Waals surface area contributed by atoms with Gasteiger partial charge in [0.1, 0.15) is 18.1 Å². The Bertz CT molecular complexity index is 1270. The summed E-state index contributed by atoms with van der Waals surface area (Å²) < 4.78 is 22.3. The highest BCUT2D eigenvalue weighted by molar-refractivity contribution is 6.46. The van der Waals surface area contributed by atoms with Crippen LogP contribution in [0, 0.1) is 6.92 Å². The van der Waals surface area contributed by atoms with E-state index in [1.165, 1.54) is 7.11 Å². The molecule has 40 heavy (non-hydrogen) atoms. The molecule has 9 nitrogen and oxygen atoms in total. The Morgan fingerprint density at radius 2 is 1.82 bits per heavy atom. The Balaban J connectivity index is 1.73. The lowest BCUT2D eigenvalue weighted by atomic mass is 9.94. The first-order valence-corrected chi connectivity index (χ1v) is 13.6. The van der Waals surface area contributed by atoms with Gasteiger partial charge in [-0.3, -0.25) is 14.5 Å². The number of Topliss-reactive ketones (excluding diaryl/α,β-unsaturated/α-hetero) is 1. The van der Waals surface area contributed by atoms with Crippen molar-refractivity contribution in [3.8, 4) is 17.2 Å². The molecule has 0 aliphatic carbocycles. The van der Waals surface area contributed by atoms with Gasteiger partial charge in [-0.05, 0) is 61.7 Å². The molecule has 1 amide bonds. The maximum absolute atomic E-state index is 13.5. The van der Waals surface area contributed by atoms with Crippen LogP contribution >= 0.6 is 0 Å². The fourth-order valence-electron chi connectivity index (χ4n) is 5.14.